The zero-order valence-corrected chi connectivity index (χ0v) is 7.05. The Morgan fingerprint density at radius 3 is 2.73 bits per heavy atom. The van der Waals surface area contributed by atoms with E-state index in [-0.39, 0.29) is 5.56 Å². The number of hydrogen-bond acceptors (Lipinski definition) is 1. The Labute approximate surface area is 66.0 Å². The molecule has 62 valence electrons. The van der Waals surface area contributed by atoms with Crippen molar-refractivity contribution in [3.05, 3.63) is 22.1 Å². The monoisotopic (exact) mass is 154 g/mol. The molecule has 0 fully saturated rings. The van der Waals surface area contributed by atoms with E-state index in [9.17, 15) is 4.79 Å². The quantitative estimate of drug-likeness (QED) is 0.696. The highest BCUT2D eigenvalue weighted by molar-refractivity contribution is 5.03. The van der Waals surface area contributed by atoms with Crippen LogP contribution in [0.25, 0.3) is 0 Å². The average Bonchev–Trinajstić information content (AvgIpc) is 2.34. The zero-order valence-electron chi connectivity index (χ0n) is 7.05. The molecule has 1 heterocycles. The second kappa shape index (κ2) is 3.42. The molecule has 1 rings (SSSR count). The molecule has 0 amide bonds. The Hall–Kier alpha value is -0.990. The number of hydrogen-bond donors (Lipinski definition) is 1. The molecule has 0 radical (unpaired) electrons. The summed E-state index contributed by atoms with van der Waals surface area (Å²) < 4.78 is 1.65. The van der Waals surface area contributed by atoms with Crippen molar-refractivity contribution in [2.75, 3.05) is 0 Å². The summed E-state index contributed by atoms with van der Waals surface area (Å²) in [5, 5.41) is 2.93. The number of aromatic amines is 1. The number of aryl methyl sites for hydroxylation is 2. The van der Waals surface area contributed by atoms with E-state index in [0.717, 1.165) is 24.9 Å². The Bertz CT molecular complexity index is 272. The van der Waals surface area contributed by atoms with Gasteiger partial charge in [0.05, 0.1) is 0 Å². The molecule has 0 saturated carbocycles. The van der Waals surface area contributed by atoms with Crippen molar-refractivity contribution in [1.29, 1.82) is 0 Å². The largest absolute Gasteiger partial charge is 0.303 e. The van der Waals surface area contributed by atoms with Gasteiger partial charge in [0.25, 0.3) is 5.56 Å². The first-order valence-corrected chi connectivity index (χ1v) is 4.06. The molecule has 0 atom stereocenters. The molecule has 0 aliphatic heterocycles. The molecule has 1 aromatic heterocycles. The van der Waals surface area contributed by atoms with Crippen LogP contribution >= 0.6 is 0 Å². The third kappa shape index (κ3) is 1.53. The van der Waals surface area contributed by atoms with Crippen LogP contribution in [0.3, 0.4) is 0 Å². The summed E-state index contributed by atoms with van der Waals surface area (Å²) in [5.74, 6) is 0. The number of H-pyrrole nitrogens is 1. The summed E-state index contributed by atoms with van der Waals surface area (Å²) in [5.41, 5.74) is 1.01. The molecule has 3 nitrogen and oxygen atoms in total. The van der Waals surface area contributed by atoms with Gasteiger partial charge in [-0.15, -0.1) is 0 Å². The van der Waals surface area contributed by atoms with Crippen molar-refractivity contribution in [3.8, 4) is 0 Å². The normalized spacial score (nSPS) is 10.4. The Kier molecular flexibility index (Phi) is 2.52. The second-order valence-corrected chi connectivity index (χ2v) is 2.61. The van der Waals surface area contributed by atoms with Crippen LogP contribution in [0, 0.1) is 0 Å². The molecule has 3 heteroatoms. The first-order valence-electron chi connectivity index (χ1n) is 4.06. The van der Waals surface area contributed by atoms with Crippen LogP contribution < -0.4 is 5.56 Å². The standard InChI is InChI=1S/C8H14N2O/c1-3-5-10-8(11)7(4-2)6-9-10/h6,9H,3-5H2,1-2H3. The highest BCUT2D eigenvalue weighted by atomic mass is 16.1. The Balaban J connectivity index is 2.92. The fourth-order valence-electron chi connectivity index (χ4n) is 1.09. The topological polar surface area (TPSA) is 37.8 Å². The number of rotatable bonds is 3. The SMILES string of the molecule is CCCn1[nH]cc(CC)c1=O. The predicted octanol–water partition coefficient (Wildman–Crippen LogP) is 1.15. The van der Waals surface area contributed by atoms with Gasteiger partial charge in [-0.05, 0) is 12.8 Å². The van der Waals surface area contributed by atoms with Gasteiger partial charge in [-0.3, -0.25) is 9.48 Å². The highest BCUT2D eigenvalue weighted by Crippen LogP contribution is 1.90. The van der Waals surface area contributed by atoms with E-state index >= 15 is 0 Å². The van der Waals surface area contributed by atoms with Gasteiger partial charge < -0.3 is 5.10 Å². The van der Waals surface area contributed by atoms with Crippen LogP contribution in [-0.4, -0.2) is 9.78 Å². The third-order valence-corrected chi connectivity index (χ3v) is 1.74. The van der Waals surface area contributed by atoms with E-state index in [1.165, 1.54) is 0 Å². The number of aromatic nitrogens is 2. The fraction of sp³-hybridized carbons (Fsp3) is 0.625. The van der Waals surface area contributed by atoms with E-state index in [4.69, 9.17) is 0 Å². The van der Waals surface area contributed by atoms with Gasteiger partial charge in [-0.2, -0.15) is 0 Å². The van der Waals surface area contributed by atoms with E-state index in [0.29, 0.717) is 0 Å². The molecule has 11 heavy (non-hydrogen) atoms. The van der Waals surface area contributed by atoms with Gasteiger partial charge in [0.1, 0.15) is 0 Å². The van der Waals surface area contributed by atoms with Crippen LogP contribution in [-0.2, 0) is 13.0 Å². The van der Waals surface area contributed by atoms with E-state index < -0.39 is 0 Å². The minimum atomic E-state index is 0.134. The van der Waals surface area contributed by atoms with Crippen LogP contribution in [0.5, 0.6) is 0 Å². The van der Waals surface area contributed by atoms with Crippen molar-refractivity contribution in [1.82, 2.24) is 9.78 Å². The van der Waals surface area contributed by atoms with Crippen LogP contribution in [0.15, 0.2) is 11.0 Å². The van der Waals surface area contributed by atoms with Crippen LogP contribution in [0.4, 0.5) is 0 Å². The first-order chi connectivity index (χ1) is 5.29. The summed E-state index contributed by atoms with van der Waals surface area (Å²) in [6.45, 7) is 4.83. The maximum absolute atomic E-state index is 11.3. The first kappa shape index (κ1) is 8.11. The molecular weight excluding hydrogens is 140 g/mol. The lowest BCUT2D eigenvalue weighted by atomic mass is 10.3. The van der Waals surface area contributed by atoms with Crippen molar-refractivity contribution in [3.63, 3.8) is 0 Å². The number of nitrogens with one attached hydrogen (secondary N) is 1. The Morgan fingerprint density at radius 1 is 1.55 bits per heavy atom. The van der Waals surface area contributed by atoms with Gasteiger partial charge in [0.2, 0.25) is 0 Å². The fourth-order valence-corrected chi connectivity index (χ4v) is 1.09. The van der Waals surface area contributed by atoms with Crippen molar-refractivity contribution < 1.29 is 0 Å². The molecule has 0 spiro atoms. The van der Waals surface area contributed by atoms with Crippen molar-refractivity contribution in [2.45, 2.75) is 33.2 Å². The molecule has 0 aromatic carbocycles. The predicted molar refractivity (Wildman–Crippen MR) is 44.7 cm³/mol. The van der Waals surface area contributed by atoms with Gasteiger partial charge in [0.15, 0.2) is 0 Å². The summed E-state index contributed by atoms with van der Waals surface area (Å²) in [6.07, 6.45) is 3.59. The smallest absolute Gasteiger partial charge is 0.269 e. The lowest BCUT2D eigenvalue weighted by Gasteiger charge is -1.94. The van der Waals surface area contributed by atoms with Gasteiger partial charge in [-0.25, -0.2) is 0 Å². The summed E-state index contributed by atoms with van der Waals surface area (Å²) in [6, 6.07) is 0. The molecule has 0 aliphatic rings. The molecule has 0 bridgehead atoms. The van der Waals surface area contributed by atoms with Gasteiger partial charge in [0, 0.05) is 18.3 Å². The minimum absolute atomic E-state index is 0.134. The molecule has 1 aromatic rings. The average molecular weight is 154 g/mol. The van der Waals surface area contributed by atoms with Crippen molar-refractivity contribution >= 4 is 0 Å². The van der Waals surface area contributed by atoms with Crippen LogP contribution in [0.2, 0.25) is 0 Å². The number of nitrogens with zero attached hydrogens (tertiary/aromatic N) is 1. The maximum atomic E-state index is 11.3. The van der Waals surface area contributed by atoms with E-state index in [2.05, 4.69) is 12.0 Å². The maximum Gasteiger partial charge on any atom is 0.269 e. The summed E-state index contributed by atoms with van der Waals surface area (Å²) >= 11 is 0. The summed E-state index contributed by atoms with van der Waals surface area (Å²) in [4.78, 5) is 11.3. The second-order valence-electron chi connectivity index (χ2n) is 2.61. The molecule has 0 unspecified atom stereocenters. The minimum Gasteiger partial charge on any atom is -0.303 e. The van der Waals surface area contributed by atoms with Gasteiger partial charge in [-0.1, -0.05) is 13.8 Å². The molecule has 0 saturated heterocycles. The van der Waals surface area contributed by atoms with Gasteiger partial charge >= 0.3 is 0 Å². The molecule has 0 aliphatic carbocycles. The highest BCUT2D eigenvalue weighted by Gasteiger charge is 2.01. The summed E-state index contributed by atoms with van der Waals surface area (Å²) in [7, 11) is 0. The molecular formula is C8H14N2O. The third-order valence-electron chi connectivity index (χ3n) is 1.74. The Morgan fingerprint density at radius 2 is 2.27 bits per heavy atom. The van der Waals surface area contributed by atoms with E-state index in [1.54, 1.807) is 10.9 Å². The van der Waals surface area contributed by atoms with E-state index in [1.807, 2.05) is 6.92 Å². The zero-order chi connectivity index (χ0) is 8.27. The molecule has 1 N–H and O–H groups in total. The van der Waals surface area contributed by atoms with Crippen LogP contribution in [0.1, 0.15) is 25.8 Å². The lowest BCUT2D eigenvalue weighted by molar-refractivity contribution is 0.584. The lowest BCUT2D eigenvalue weighted by Crippen LogP contribution is -2.18. The van der Waals surface area contributed by atoms with Crippen molar-refractivity contribution in [2.24, 2.45) is 0 Å².